The monoisotopic (exact) mass is 196 g/mol. The Morgan fingerprint density at radius 2 is 0.571 bits per heavy atom. The Morgan fingerprint density at radius 3 is 0.571 bits per heavy atom. The van der Waals surface area contributed by atoms with Crippen LogP contribution in [0.4, 0.5) is 0 Å². The van der Waals surface area contributed by atoms with E-state index < -0.39 is 23.9 Å². The van der Waals surface area contributed by atoms with Crippen LogP contribution in [0.15, 0.2) is 0 Å². The Balaban J connectivity index is -0.0000000625. The molecule has 0 unspecified atom stereocenters. The molecule has 72 valence electrons. The second kappa shape index (κ2) is 12.1. The molecule has 8 nitrogen and oxygen atoms in total. The van der Waals surface area contributed by atoms with E-state index in [-0.39, 0.29) is 37.7 Å². The number of hydrogen-bond acceptors (Lipinski definition) is 4. The molecule has 0 aromatic rings. The number of aliphatic carboxylic acids is 4. The van der Waals surface area contributed by atoms with Gasteiger partial charge >= 0.3 is 61.6 Å². The SMILES string of the molecule is O=C(O)C(=O)O.O=C(O)C(=O)O.[LiH].[LiH]. The molecule has 0 aliphatic carbocycles. The fraction of sp³-hybridized carbons (Fsp3) is 0. The molecular weight excluding hydrogens is 190 g/mol. The number of carboxylic acids is 4. The summed E-state index contributed by atoms with van der Waals surface area (Å²) >= 11 is 0. The molecule has 4 N–H and O–H groups in total. The van der Waals surface area contributed by atoms with Crippen molar-refractivity contribution in [2.75, 3.05) is 0 Å². The second-order valence-corrected chi connectivity index (χ2v) is 1.22. The van der Waals surface area contributed by atoms with Crippen LogP contribution in [-0.4, -0.2) is 82.0 Å². The number of hydrogen-bond donors (Lipinski definition) is 4. The zero-order valence-electron chi connectivity index (χ0n) is 5.42. The molecule has 0 radical (unpaired) electrons. The van der Waals surface area contributed by atoms with E-state index in [1.807, 2.05) is 0 Å². The van der Waals surface area contributed by atoms with Gasteiger partial charge < -0.3 is 20.4 Å². The molecule has 10 heteroatoms. The van der Waals surface area contributed by atoms with Gasteiger partial charge in [-0.2, -0.15) is 0 Å². The Hall–Kier alpha value is -0.925. The van der Waals surface area contributed by atoms with E-state index in [9.17, 15) is 0 Å². The molecule has 0 fully saturated rings. The molecule has 0 rings (SSSR count). The summed E-state index contributed by atoms with van der Waals surface area (Å²) in [6.45, 7) is 0. The summed E-state index contributed by atoms with van der Waals surface area (Å²) in [7, 11) is 0. The Bertz CT molecular complexity index is 175. The Morgan fingerprint density at radius 1 is 0.500 bits per heavy atom. The zero-order chi connectivity index (χ0) is 10.3. The van der Waals surface area contributed by atoms with Crippen LogP contribution in [0, 0.1) is 0 Å². The van der Waals surface area contributed by atoms with Crippen molar-refractivity contribution in [2.24, 2.45) is 0 Å². The molecule has 0 bridgehead atoms. The summed E-state index contributed by atoms with van der Waals surface area (Å²) in [5, 5.41) is 29.6. The molecule has 0 heterocycles. The van der Waals surface area contributed by atoms with Crippen molar-refractivity contribution in [1.29, 1.82) is 0 Å². The fourth-order valence-corrected chi connectivity index (χ4v) is 0. The van der Waals surface area contributed by atoms with Gasteiger partial charge in [0.05, 0.1) is 0 Å². The molecule has 0 saturated carbocycles. The predicted octanol–water partition coefficient (Wildman–Crippen LogP) is -2.99. The Labute approximate surface area is 101 Å². The fourth-order valence-electron chi connectivity index (χ4n) is 0. The first-order valence-electron chi connectivity index (χ1n) is 2.21. The Kier molecular flexibility index (Phi) is 20.0. The molecule has 0 spiro atoms. The third kappa shape index (κ3) is 22.5. The predicted molar refractivity (Wildman–Crippen MR) is 44.8 cm³/mol. The minimum atomic E-state index is -1.82. The summed E-state index contributed by atoms with van der Waals surface area (Å²) < 4.78 is 0. The van der Waals surface area contributed by atoms with Gasteiger partial charge in [-0.05, 0) is 0 Å². The second-order valence-electron chi connectivity index (χ2n) is 1.22. The van der Waals surface area contributed by atoms with Crippen LogP contribution in [0.1, 0.15) is 0 Å². The molecule has 0 aliphatic rings. The van der Waals surface area contributed by atoms with Gasteiger partial charge in [-0.15, -0.1) is 0 Å². The molecule has 0 aromatic heterocycles. The average Bonchev–Trinajstić information content (AvgIpc) is 1.88. The van der Waals surface area contributed by atoms with E-state index in [1.54, 1.807) is 0 Å². The van der Waals surface area contributed by atoms with Gasteiger partial charge in [0.25, 0.3) is 0 Å². The first-order valence-corrected chi connectivity index (χ1v) is 2.21. The molecule has 0 aliphatic heterocycles. The van der Waals surface area contributed by atoms with Gasteiger partial charge in [0.15, 0.2) is 0 Å². The van der Waals surface area contributed by atoms with Crippen molar-refractivity contribution in [3.63, 3.8) is 0 Å². The number of carbonyl (C=O) groups is 4. The van der Waals surface area contributed by atoms with Crippen LogP contribution in [0.2, 0.25) is 0 Å². The van der Waals surface area contributed by atoms with Gasteiger partial charge in [-0.3, -0.25) is 0 Å². The molecule has 0 amide bonds. The van der Waals surface area contributed by atoms with E-state index in [0.29, 0.717) is 0 Å². The van der Waals surface area contributed by atoms with E-state index in [0.717, 1.165) is 0 Å². The number of rotatable bonds is 0. The van der Waals surface area contributed by atoms with Gasteiger partial charge in [-0.1, -0.05) is 0 Å². The normalized spacial score (nSPS) is 6.29. The van der Waals surface area contributed by atoms with E-state index in [4.69, 9.17) is 39.6 Å². The van der Waals surface area contributed by atoms with Gasteiger partial charge in [0.2, 0.25) is 0 Å². The minimum absolute atomic E-state index is 0. The topological polar surface area (TPSA) is 149 Å². The van der Waals surface area contributed by atoms with E-state index >= 15 is 0 Å². The zero-order valence-corrected chi connectivity index (χ0v) is 5.42. The molecule has 14 heavy (non-hydrogen) atoms. The standard InChI is InChI=1S/2C2H2O4.2Li.2H/c2*3-1(4)2(5)6;;;;/h2*(H,3,4)(H,5,6);;;;. The quantitative estimate of drug-likeness (QED) is 0.236. The summed E-state index contributed by atoms with van der Waals surface area (Å²) in [5.41, 5.74) is 0. The van der Waals surface area contributed by atoms with Crippen molar-refractivity contribution in [3.05, 3.63) is 0 Å². The van der Waals surface area contributed by atoms with Crippen molar-refractivity contribution in [1.82, 2.24) is 0 Å². The summed E-state index contributed by atoms with van der Waals surface area (Å²) in [6.07, 6.45) is 0. The third-order valence-corrected chi connectivity index (χ3v) is 0.366. The van der Waals surface area contributed by atoms with Crippen LogP contribution in [0.25, 0.3) is 0 Å². The molecule has 0 saturated heterocycles. The molecule has 0 aromatic carbocycles. The van der Waals surface area contributed by atoms with Crippen molar-refractivity contribution in [2.45, 2.75) is 0 Å². The third-order valence-electron chi connectivity index (χ3n) is 0.366. The maximum absolute atomic E-state index is 9.10. The van der Waals surface area contributed by atoms with E-state index in [2.05, 4.69) is 0 Å². The van der Waals surface area contributed by atoms with Crippen molar-refractivity contribution in [3.8, 4) is 0 Å². The van der Waals surface area contributed by atoms with Crippen LogP contribution in [0.5, 0.6) is 0 Å². The summed E-state index contributed by atoms with van der Waals surface area (Å²) in [4.78, 5) is 36.4. The summed E-state index contributed by atoms with van der Waals surface area (Å²) in [5.74, 6) is -7.30. The van der Waals surface area contributed by atoms with Crippen LogP contribution < -0.4 is 0 Å². The van der Waals surface area contributed by atoms with Gasteiger partial charge in [0, 0.05) is 0 Å². The van der Waals surface area contributed by atoms with E-state index in [1.165, 1.54) is 0 Å². The molecular formula is C4H6Li2O8. The summed E-state index contributed by atoms with van der Waals surface area (Å²) in [6, 6.07) is 0. The first kappa shape index (κ1) is 23.1. The van der Waals surface area contributed by atoms with Crippen LogP contribution >= 0.6 is 0 Å². The van der Waals surface area contributed by atoms with Crippen LogP contribution in [-0.2, 0) is 19.2 Å². The van der Waals surface area contributed by atoms with Crippen LogP contribution in [0.3, 0.4) is 0 Å². The average molecular weight is 196 g/mol. The van der Waals surface area contributed by atoms with Gasteiger partial charge in [0.1, 0.15) is 0 Å². The number of carboxylic acid groups (broad SMARTS) is 4. The first-order chi connectivity index (χ1) is 5.29. The maximum atomic E-state index is 9.10. The van der Waals surface area contributed by atoms with Crippen molar-refractivity contribution < 1.29 is 39.6 Å². The molecule has 0 atom stereocenters. The van der Waals surface area contributed by atoms with Gasteiger partial charge in [-0.25, -0.2) is 19.2 Å². The van der Waals surface area contributed by atoms with Crippen molar-refractivity contribution >= 4 is 61.6 Å².